The number of hydrogen-bond donors (Lipinski definition) is 1. The van der Waals surface area contributed by atoms with Crippen LogP contribution in [-0.4, -0.2) is 31.0 Å². The molecular formula is C23H28N5P. The lowest BCUT2D eigenvalue weighted by atomic mass is 9.84. The zero-order valence-corrected chi connectivity index (χ0v) is 18.2. The molecular weight excluding hydrogens is 377 g/mol. The van der Waals surface area contributed by atoms with Crippen LogP contribution in [0.2, 0.25) is 0 Å². The Bertz CT molecular complexity index is 1050. The van der Waals surface area contributed by atoms with Gasteiger partial charge in [-0.1, -0.05) is 50.2 Å². The van der Waals surface area contributed by atoms with Gasteiger partial charge in [-0.2, -0.15) is 5.10 Å². The van der Waals surface area contributed by atoms with Crippen LogP contribution in [0, 0.1) is 5.16 Å². The first-order valence-electron chi connectivity index (χ1n) is 10.3. The van der Waals surface area contributed by atoms with Gasteiger partial charge >= 0.3 is 0 Å². The molecule has 0 aromatic heterocycles. The first kappa shape index (κ1) is 18.7. The lowest BCUT2D eigenvalue weighted by Gasteiger charge is -2.38. The summed E-state index contributed by atoms with van der Waals surface area (Å²) in [6, 6.07) is 18.9. The number of anilines is 2. The van der Waals surface area contributed by atoms with Gasteiger partial charge in [0, 0.05) is 36.9 Å². The zero-order chi connectivity index (χ0) is 20.2. The lowest BCUT2D eigenvalue weighted by Crippen LogP contribution is -2.29. The van der Waals surface area contributed by atoms with E-state index in [2.05, 4.69) is 66.9 Å². The molecule has 29 heavy (non-hydrogen) atoms. The maximum atomic E-state index is 9.92. The van der Waals surface area contributed by atoms with Gasteiger partial charge in [-0.25, -0.2) is 9.45 Å². The summed E-state index contributed by atoms with van der Waals surface area (Å²) in [5, 5.41) is 15.8. The van der Waals surface area contributed by atoms with Gasteiger partial charge in [0.1, 0.15) is 0 Å². The molecule has 0 saturated carbocycles. The van der Waals surface area contributed by atoms with Gasteiger partial charge in [0.05, 0.1) is 17.2 Å². The van der Waals surface area contributed by atoms with Crippen molar-refractivity contribution in [1.82, 2.24) is 4.67 Å². The highest BCUT2D eigenvalue weighted by molar-refractivity contribution is 7.70. The van der Waals surface area contributed by atoms with Crippen molar-refractivity contribution in [3.8, 4) is 0 Å². The van der Waals surface area contributed by atoms with E-state index in [1.807, 2.05) is 29.2 Å². The summed E-state index contributed by atoms with van der Waals surface area (Å²) < 4.78 is 4.40. The Morgan fingerprint density at radius 1 is 0.966 bits per heavy atom. The van der Waals surface area contributed by atoms with E-state index in [1.165, 1.54) is 16.9 Å². The van der Waals surface area contributed by atoms with Gasteiger partial charge in [-0.05, 0) is 36.6 Å². The fourth-order valence-corrected chi connectivity index (χ4v) is 8.30. The average Bonchev–Trinajstić information content (AvgIpc) is 3.42. The molecule has 150 valence electrons. The van der Waals surface area contributed by atoms with Crippen molar-refractivity contribution in [3.63, 3.8) is 0 Å². The predicted molar refractivity (Wildman–Crippen MR) is 123 cm³/mol. The molecule has 3 heterocycles. The van der Waals surface area contributed by atoms with E-state index < -0.39 is 7.36 Å². The molecule has 1 unspecified atom stereocenters. The summed E-state index contributed by atoms with van der Waals surface area (Å²) in [5.74, 6) is 0. The van der Waals surface area contributed by atoms with Crippen LogP contribution in [-0.2, 0) is 5.41 Å². The minimum atomic E-state index is -2.57. The Hall–Kier alpha value is -2.36. The number of rotatable bonds is 2. The summed E-state index contributed by atoms with van der Waals surface area (Å²) in [7, 11) is -0.430. The van der Waals surface area contributed by atoms with Gasteiger partial charge in [0.15, 0.2) is 7.36 Å². The van der Waals surface area contributed by atoms with E-state index in [-0.39, 0.29) is 5.41 Å². The Labute approximate surface area is 173 Å². The van der Waals surface area contributed by atoms with Crippen molar-refractivity contribution in [2.24, 2.45) is 5.10 Å². The number of para-hydroxylation sites is 2. The van der Waals surface area contributed by atoms with Crippen LogP contribution >= 0.6 is 7.36 Å². The van der Waals surface area contributed by atoms with Crippen molar-refractivity contribution in [1.29, 1.82) is 5.16 Å². The molecule has 5 rings (SSSR count). The molecule has 0 amide bonds. The predicted octanol–water partition coefficient (Wildman–Crippen LogP) is 5.84. The smallest absolute Gasteiger partial charge is 0.172 e. The van der Waals surface area contributed by atoms with Crippen LogP contribution < -0.4 is 9.68 Å². The third-order valence-electron chi connectivity index (χ3n) is 6.49. The first-order chi connectivity index (χ1) is 14.0. The van der Waals surface area contributed by atoms with E-state index in [9.17, 15) is 5.16 Å². The zero-order valence-electron chi connectivity index (χ0n) is 17.3. The highest BCUT2D eigenvalue weighted by Gasteiger charge is 2.48. The quantitative estimate of drug-likeness (QED) is 0.639. The maximum absolute atomic E-state index is 9.92. The fourth-order valence-electron chi connectivity index (χ4n) is 5.09. The SMILES string of the molecule is CN1C(=C2C=NN(c3ccccc3)P2(=N)N2CCCC2)C(C)(C)c2ccccc21. The molecule has 1 fully saturated rings. The van der Waals surface area contributed by atoms with Crippen molar-refractivity contribution in [3.05, 3.63) is 71.2 Å². The second kappa shape index (κ2) is 6.58. The van der Waals surface area contributed by atoms with E-state index in [4.69, 9.17) is 5.10 Å². The molecule has 0 spiro atoms. The van der Waals surface area contributed by atoms with Crippen molar-refractivity contribution in [2.75, 3.05) is 29.8 Å². The van der Waals surface area contributed by atoms with E-state index >= 15 is 0 Å². The third kappa shape index (κ3) is 2.57. The van der Waals surface area contributed by atoms with Crippen molar-refractivity contribution < 1.29 is 0 Å². The molecule has 0 bridgehead atoms. The summed E-state index contributed by atoms with van der Waals surface area (Å²) >= 11 is 0. The Kier molecular flexibility index (Phi) is 4.23. The molecule has 2 aromatic rings. The van der Waals surface area contributed by atoms with Gasteiger partial charge in [-0.3, -0.25) is 5.16 Å². The van der Waals surface area contributed by atoms with Crippen LogP contribution in [0.1, 0.15) is 32.3 Å². The number of likely N-dealkylation sites (N-methyl/N-ethyl adjacent to an activating group) is 1. The monoisotopic (exact) mass is 405 g/mol. The van der Waals surface area contributed by atoms with Gasteiger partial charge in [0.2, 0.25) is 0 Å². The lowest BCUT2D eigenvalue weighted by molar-refractivity contribution is 0.556. The minimum absolute atomic E-state index is 0.161. The average molecular weight is 405 g/mol. The molecule has 0 aliphatic carbocycles. The van der Waals surface area contributed by atoms with Gasteiger partial charge < -0.3 is 4.90 Å². The molecule has 1 saturated heterocycles. The number of hydrogen-bond acceptors (Lipinski definition) is 3. The molecule has 1 N–H and O–H groups in total. The van der Waals surface area contributed by atoms with Crippen LogP contribution in [0.3, 0.4) is 0 Å². The van der Waals surface area contributed by atoms with Crippen LogP contribution in [0.25, 0.3) is 0 Å². The summed E-state index contributed by atoms with van der Waals surface area (Å²) in [4.78, 5) is 2.30. The fraction of sp³-hybridized carbons (Fsp3) is 0.348. The molecule has 1 atom stereocenters. The second-order valence-electron chi connectivity index (χ2n) is 8.57. The standard InChI is InChI=1S/C23H28N5P/c1-23(2)19-13-7-8-14-20(19)26(3)22(23)21-17-25-28(18-11-5-4-6-12-18)29(21,24)27-15-9-10-16-27/h4-8,11-14,17,24H,9-10,15-16H2,1-3H3. The number of benzene rings is 2. The third-order valence-corrected chi connectivity index (χ3v) is 9.59. The Balaban J connectivity index is 1.73. The molecule has 2 aromatic carbocycles. The second-order valence-corrected chi connectivity index (χ2v) is 11.2. The summed E-state index contributed by atoms with van der Waals surface area (Å²) in [5.41, 5.74) is 4.62. The normalized spacial score (nSPS) is 28.4. The minimum Gasteiger partial charge on any atom is -0.346 e. The molecule has 5 nitrogen and oxygen atoms in total. The number of fused-ring (bicyclic) bond motifs is 1. The van der Waals surface area contributed by atoms with E-state index in [0.29, 0.717) is 0 Å². The van der Waals surface area contributed by atoms with E-state index in [0.717, 1.165) is 36.9 Å². The summed E-state index contributed by atoms with van der Waals surface area (Å²) in [6.45, 7) is 6.51. The maximum Gasteiger partial charge on any atom is 0.172 e. The summed E-state index contributed by atoms with van der Waals surface area (Å²) in [6.07, 6.45) is 4.29. The van der Waals surface area contributed by atoms with E-state index in [1.54, 1.807) is 0 Å². The number of nitrogens with one attached hydrogen (secondary N) is 1. The largest absolute Gasteiger partial charge is 0.346 e. The highest BCUT2D eigenvalue weighted by atomic mass is 31.2. The van der Waals surface area contributed by atoms with Crippen molar-refractivity contribution in [2.45, 2.75) is 32.1 Å². The van der Waals surface area contributed by atoms with Gasteiger partial charge in [0.25, 0.3) is 0 Å². The topological polar surface area (TPSA) is 45.9 Å². The molecule has 6 heteroatoms. The molecule has 3 aliphatic heterocycles. The van der Waals surface area contributed by atoms with Gasteiger partial charge in [-0.15, -0.1) is 0 Å². The number of nitrogens with zero attached hydrogens (tertiary/aromatic N) is 4. The van der Waals surface area contributed by atoms with Crippen LogP contribution in [0.4, 0.5) is 11.4 Å². The van der Waals surface area contributed by atoms with Crippen LogP contribution in [0.5, 0.6) is 0 Å². The highest BCUT2D eigenvalue weighted by Crippen LogP contribution is 2.68. The molecule has 0 radical (unpaired) electrons. The van der Waals surface area contributed by atoms with Crippen molar-refractivity contribution >= 4 is 24.9 Å². The van der Waals surface area contributed by atoms with Crippen LogP contribution in [0.15, 0.2) is 70.7 Å². The molecule has 3 aliphatic rings. The Morgan fingerprint density at radius 3 is 2.31 bits per heavy atom. The Morgan fingerprint density at radius 2 is 1.62 bits per heavy atom. The number of allylic oxidation sites excluding steroid dienone is 2. The number of hydrazone groups is 1. The first-order valence-corrected chi connectivity index (χ1v) is 12.0.